The Hall–Kier alpha value is -3.39. The summed E-state index contributed by atoms with van der Waals surface area (Å²) in [6, 6.07) is 7.13. The third kappa shape index (κ3) is 8.17. The second kappa shape index (κ2) is 13.9. The summed E-state index contributed by atoms with van der Waals surface area (Å²) in [5.41, 5.74) is 3.85. The lowest BCUT2D eigenvalue weighted by atomic mass is 9.94. The zero-order chi connectivity index (χ0) is 31.2. The summed E-state index contributed by atoms with van der Waals surface area (Å²) < 4.78 is 59.9. The highest BCUT2D eigenvalue weighted by Gasteiger charge is 2.57. The van der Waals surface area contributed by atoms with Gasteiger partial charge in [0.2, 0.25) is 0 Å². The maximum Gasteiger partial charge on any atom is 0.459 e. The minimum atomic E-state index is -4.31. The van der Waals surface area contributed by atoms with Crippen LogP contribution in [0.2, 0.25) is 0 Å². The zero-order valence-corrected chi connectivity index (χ0v) is 25.4. The predicted molar refractivity (Wildman–Crippen MR) is 151 cm³/mol. The summed E-state index contributed by atoms with van der Waals surface area (Å²) >= 11 is 0. The molecular weight excluding hydrogens is 586 g/mol. The lowest BCUT2D eigenvalue weighted by Crippen LogP contribution is -2.47. The fourth-order valence-electron chi connectivity index (χ4n) is 5.04. The van der Waals surface area contributed by atoms with E-state index in [2.05, 4.69) is 20.2 Å². The molecule has 2 heterocycles. The van der Waals surface area contributed by atoms with Gasteiger partial charge in [0.25, 0.3) is 0 Å². The maximum atomic E-state index is 16.3. The number of nitrogens with zero attached hydrogens (tertiary/aromatic N) is 4. The van der Waals surface area contributed by atoms with Crippen LogP contribution in [0.3, 0.4) is 0 Å². The Morgan fingerprint density at radius 1 is 1.28 bits per heavy atom. The van der Waals surface area contributed by atoms with Crippen molar-refractivity contribution in [3.8, 4) is 5.75 Å². The molecule has 4 rings (SSSR count). The number of nitrogen functional groups attached to an aromatic ring is 1. The van der Waals surface area contributed by atoms with Gasteiger partial charge in [-0.25, -0.2) is 18.6 Å². The van der Waals surface area contributed by atoms with E-state index in [1.807, 2.05) is 0 Å². The Balaban J connectivity index is 1.54. The number of anilines is 1. The van der Waals surface area contributed by atoms with Crippen molar-refractivity contribution >= 4 is 25.5 Å². The smallest absolute Gasteiger partial charge is 0.459 e. The van der Waals surface area contributed by atoms with E-state index in [1.165, 1.54) is 31.9 Å². The Bertz CT molecular complexity index is 1390. The minimum absolute atomic E-state index is 0.0816. The molecule has 14 nitrogen and oxygen atoms in total. The molecule has 2 aliphatic rings. The molecule has 1 aromatic carbocycles. The average Bonchev–Trinajstić information content (AvgIpc) is 3.54. The highest BCUT2D eigenvalue weighted by Crippen LogP contribution is 2.47. The topological polar surface area (TPSA) is 178 Å². The molecule has 0 radical (unpaired) electrons. The molecule has 0 spiro atoms. The molecule has 2 aromatic rings. The number of rotatable bonds is 12. The summed E-state index contributed by atoms with van der Waals surface area (Å²) in [6.45, 7) is 3.14. The van der Waals surface area contributed by atoms with Crippen LogP contribution in [-0.2, 0) is 39.4 Å². The van der Waals surface area contributed by atoms with Gasteiger partial charge in [-0.05, 0) is 51.7 Å². The Morgan fingerprint density at radius 2 is 1.98 bits per heavy atom. The van der Waals surface area contributed by atoms with E-state index >= 15 is 4.39 Å². The molecule has 1 aliphatic carbocycles. The number of aromatic nitrogens is 3. The van der Waals surface area contributed by atoms with E-state index < -0.39 is 56.3 Å². The summed E-state index contributed by atoms with van der Waals surface area (Å²) in [5, 5.41) is 6.72. The molecule has 43 heavy (non-hydrogen) atoms. The number of esters is 2. The molecule has 6 unspecified atom stereocenters. The van der Waals surface area contributed by atoms with Crippen molar-refractivity contribution in [2.45, 2.75) is 89.1 Å². The Labute approximate surface area is 248 Å². The fraction of sp³-hybridized carbons (Fsp3) is 0.593. The van der Waals surface area contributed by atoms with Crippen LogP contribution in [0.25, 0.3) is 0 Å². The van der Waals surface area contributed by atoms with E-state index in [1.54, 1.807) is 30.3 Å². The van der Waals surface area contributed by atoms with Gasteiger partial charge in [0.05, 0.1) is 13.2 Å². The third-order valence-corrected chi connectivity index (χ3v) is 8.88. The first kappa shape index (κ1) is 32.5. The predicted octanol–water partition coefficient (Wildman–Crippen LogP) is 2.49. The van der Waals surface area contributed by atoms with Crippen molar-refractivity contribution in [1.82, 2.24) is 19.9 Å². The van der Waals surface area contributed by atoms with Crippen molar-refractivity contribution in [2.24, 2.45) is 4.99 Å². The number of para-hydroxylation sites is 1. The summed E-state index contributed by atoms with van der Waals surface area (Å²) in [4.78, 5) is 32.7. The summed E-state index contributed by atoms with van der Waals surface area (Å²) in [5.74, 6) is -1.09. The Morgan fingerprint density at radius 3 is 2.63 bits per heavy atom. The molecule has 2 fully saturated rings. The number of ether oxygens (including phenoxy) is 3. The van der Waals surface area contributed by atoms with Crippen LogP contribution in [0.4, 0.5) is 10.2 Å². The monoisotopic (exact) mass is 624 g/mol. The lowest BCUT2D eigenvalue weighted by molar-refractivity contribution is -0.155. The molecule has 236 valence electrons. The van der Waals surface area contributed by atoms with Gasteiger partial charge < -0.3 is 24.5 Å². The highest BCUT2D eigenvalue weighted by molar-refractivity contribution is 7.52. The van der Waals surface area contributed by atoms with E-state index in [4.69, 9.17) is 29.0 Å². The first-order valence-corrected chi connectivity index (χ1v) is 15.6. The first-order chi connectivity index (χ1) is 20.4. The van der Waals surface area contributed by atoms with Crippen LogP contribution >= 0.6 is 7.75 Å². The number of halogens is 1. The van der Waals surface area contributed by atoms with Crippen molar-refractivity contribution in [1.29, 1.82) is 0 Å². The van der Waals surface area contributed by atoms with Gasteiger partial charge in [0, 0.05) is 14.0 Å². The van der Waals surface area contributed by atoms with Gasteiger partial charge in [-0.15, -0.1) is 0 Å². The molecule has 0 bridgehead atoms. The van der Waals surface area contributed by atoms with Gasteiger partial charge in [0.1, 0.15) is 36.4 Å². The highest BCUT2D eigenvalue weighted by atomic mass is 31.2. The lowest BCUT2D eigenvalue weighted by Gasteiger charge is -2.28. The molecule has 16 heteroatoms. The van der Waals surface area contributed by atoms with Gasteiger partial charge >= 0.3 is 19.7 Å². The number of hydrogen-bond donors (Lipinski definition) is 2. The summed E-state index contributed by atoms with van der Waals surface area (Å²) in [6.07, 6.45) is 0.569. The number of nitrogens with one attached hydrogen (secondary N) is 1. The van der Waals surface area contributed by atoms with Gasteiger partial charge in [0.15, 0.2) is 23.1 Å². The molecule has 3 N–H and O–H groups in total. The van der Waals surface area contributed by atoms with E-state index in [-0.39, 0.29) is 29.7 Å². The van der Waals surface area contributed by atoms with E-state index in [0.717, 1.165) is 32.6 Å². The second-order valence-corrected chi connectivity index (χ2v) is 12.3. The van der Waals surface area contributed by atoms with Gasteiger partial charge in [-0.1, -0.05) is 18.2 Å². The van der Waals surface area contributed by atoms with E-state index in [0.29, 0.717) is 0 Å². The Kier molecular flexibility index (Phi) is 10.5. The van der Waals surface area contributed by atoms with Crippen molar-refractivity contribution in [3.05, 3.63) is 42.1 Å². The fourth-order valence-corrected chi connectivity index (χ4v) is 6.54. The van der Waals surface area contributed by atoms with Crippen molar-refractivity contribution in [2.75, 3.05) is 19.4 Å². The van der Waals surface area contributed by atoms with Crippen LogP contribution in [0.5, 0.6) is 5.75 Å². The van der Waals surface area contributed by atoms with Crippen LogP contribution in [0.15, 0.2) is 41.7 Å². The molecule has 6 atom stereocenters. The second-order valence-electron chi connectivity index (χ2n) is 10.6. The van der Waals surface area contributed by atoms with Gasteiger partial charge in [-0.2, -0.15) is 10.2 Å². The third-order valence-electron chi connectivity index (χ3n) is 7.24. The molecule has 1 aromatic heterocycles. The van der Waals surface area contributed by atoms with E-state index in [9.17, 15) is 14.2 Å². The van der Waals surface area contributed by atoms with Crippen LogP contribution in [0, 0.1) is 0 Å². The van der Waals surface area contributed by atoms with Crippen molar-refractivity contribution in [3.63, 3.8) is 0 Å². The van der Waals surface area contributed by atoms with Crippen LogP contribution in [0.1, 0.15) is 46.5 Å². The first-order valence-electron chi connectivity index (χ1n) is 14.0. The normalized spacial score (nSPS) is 26.5. The average molecular weight is 625 g/mol. The van der Waals surface area contributed by atoms with Crippen molar-refractivity contribution < 1.29 is 41.8 Å². The molecule has 0 amide bonds. The molecular formula is C27H38FN6O8P. The standard InChI is InChI=1S/C27H38FN6O8P/c1-17(26(36)40-19-10-8-9-11-19)33-43(37,42-20-12-6-5-7-13-20)38-15-21-23(39-18(2)35)27(3,28)22(41-21)14-34-25(30-4)24(29)31-16-32-34/h5-7,12-13,16-17,19,21-23H,8-11,14-15H2,1-4H3,(H,33,37)(H2,29,31,32). The number of carbonyl (C=O) groups is 2. The number of carbonyl (C=O) groups excluding carboxylic acids is 2. The minimum Gasteiger partial charge on any atom is -0.461 e. The molecule has 1 saturated carbocycles. The number of alkyl halides is 1. The molecule has 1 aliphatic heterocycles. The number of nitrogens with two attached hydrogens (primary N) is 1. The molecule has 1 saturated heterocycles. The SMILES string of the molecule is CN=c1c(N)ncnn1CC1OC(COP(=O)(NC(C)C(=O)OC2CCCC2)Oc2ccccc2)C(OC(C)=O)C1(C)F. The summed E-state index contributed by atoms with van der Waals surface area (Å²) in [7, 11) is -2.83. The number of hydrogen-bond acceptors (Lipinski definition) is 12. The number of benzene rings is 1. The van der Waals surface area contributed by atoms with Gasteiger partial charge in [-0.3, -0.25) is 19.1 Å². The largest absolute Gasteiger partial charge is 0.461 e. The van der Waals surface area contributed by atoms with Crippen LogP contribution in [-0.4, -0.2) is 76.5 Å². The zero-order valence-electron chi connectivity index (χ0n) is 24.6. The quantitative estimate of drug-likeness (QED) is 0.261. The van der Waals surface area contributed by atoms with Crippen LogP contribution < -0.4 is 20.8 Å². The maximum absolute atomic E-state index is 16.3.